The zero-order valence-electron chi connectivity index (χ0n) is 16.5. The summed E-state index contributed by atoms with van der Waals surface area (Å²) in [6.45, 7) is 1.81. The fourth-order valence-corrected chi connectivity index (χ4v) is 3.35. The summed E-state index contributed by atoms with van der Waals surface area (Å²) >= 11 is 0. The normalized spacial score (nSPS) is 11.6. The van der Waals surface area contributed by atoms with E-state index in [9.17, 15) is 15.0 Å². The number of allylic oxidation sites excluding steroid dienone is 1. The summed E-state index contributed by atoms with van der Waals surface area (Å²) in [5, 5.41) is 20.7. The molecule has 0 aliphatic rings. The van der Waals surface area contributed by atoms with Gasteiger partial charge in [-0.3, -0.25) is 4.79 Å². The van der Waals surface area contributed by atoms with Crippen LogP contribution in [0, 0.1) is 6.92 Å². The van der Waals surface area contributed by atoms with Crippen molar-refractivity contribution >= 4 is 22.5 Å². The third-order valence-corrected chi connectivity index (χ3v) is 4.94. The van der Waals surface area contributed by atoms with Crippen LogP contribution in [0.1, 0.15) is 21.5 Å². The molecule has 150 valence electrons. The van der Waals surface area contributed by atoms with Gasteiger partial charge in [0.2, 0.25) is 0 Å². The van der Waals surface area contributed by atoms with E-state index in [2.05, 4.69) is 0 Å². The highest BCUT2D eigenvalue weighted by Gasteiger charge is 2.18. The standard InChI is InChI=1S/C25H20O5/c1-15-12-17(8-10-20(15)26)24-13-19-23(30-24)11-9-18(25(19)29-2)22(28)14-21(27)16-6-4-3-5-7-16/h3-14,26-27H,1-2H3/b21-14-. The SMILES string of the molecule is COc1c(C(=O)/C=C(\O)c2ccccc2)ccc2oc(-c3ccc(O)c(C)c3)cc12. The Bertz CT molecular complexity index is 1270. The lowest BCUT2D eigenvalue weighted by molar-refractivity contribution is 0.104. The van der Waals surface area contributed by atoms with Gasteiger partial charge in [-0.15, -0.1) is 0 Å². The first-order chi connectivity index (χ1) is 14.5. The molecule has 0 aliphatic heterocycles. The number of furan rings is 1. The molecule has 0 atom stereocenters. The van der Waals surface area contributed by atoms with Crippen LogP contribution in [0.2, 0.25) is 0 Å². The summed E-state index contributed by atoms with van der Waals surface area (Å²) in [7, 11) is 1.49. The monoisotopic (exact) mass is 400 g/mol. The van der Waals surface area contributed by atoms with Gasteiger partial charge in [-0.05, 0) is 48.9 Å². The zero-order chi connectivity index (χ0) is 21.3. The van der Waals surface area contributed by atoms with E-state index in [0.29, 0.717) is 33.6 Å². The minimum Gasteiger partial charge on any atom is -0.508 e. The van der Waals surface area contributed by atoms with Gasteiger partial charge >= 0.3 is 0 Å². The number of carbonyl (C=O) groups excluding carboxylic acids is 1. The Morgan fingerprint density at radius 3 is 2.50 bits per heavy atom. The Labute approximate surface area is 173 Å². The smallest absolute Gasteiger partial charge is 0.193 e. The number of rotatable bonds is 5. The van der Waals surface area contributed by atoms with Crippen molar-refractivity contribution in [1.82, 2.24) is 0 Å². The van der Waals surface area contributed by atoms with Crippen LogP contribution in [0.15, 0.2) is 77.2 Å². The number of phenolic OH excluding ortho intramolecular Hbond substituents is 1. The number of hydrogen-bond donors (Lipinski definition) is 2. The maximum Gasteiger partial charge on any atom is 0.193 e. The summed E-state index contributed by atoms with van der Waals surface area (Å²) in [5.74, 6) is 0.692. The molecule has 0 saturated carbocycles. The fraction of sp³-hybridized carbons (Fsp3) is 0.0800. The molecule has 4 rings (SSSR count). The summed E-state index contributed by atoms with van der Waals surface area (Å²) < 4.78 is 11.5. The predicted octanol–water partition coefficient (Wildman–Crippen LogP) is 5.90. The third kappa shape index (κ3) is 3.53. The van der Waals surface area contributed by atoms with Crippen LogP contribution in [0.4, 0.5) is 0 Å². The van der Waals surface area contributed by atoms with Gasteiger partial charge in [-0.2, -0.15) is 0 Å². The molecule has 1 aromatic heterocycles. The number of aryl methyl sites for hydroxylation is 1. The molecule has 5 nitrogen and oxygen atoms in total. The van der Waals surface area contributed by atoms with Crippen LogP contribution in [0.3, 0.4) is 0 Å². The number of aromatic hydroxyl groups is 1. The Balaban J connectivity index is 1.76. The van der Waals surface area contributed by atoms with Crippen molar-refractivity contribution in [3.63, 3.8) is 0 Å². The number of phenols is 1. The molecule has 30 heavy (non-hydrogen) atoms. The van der Waals surface area contributed by atoms with Gasteiger partial charge in [-0.1, -0.05) is 30.3 Å². The van der Waals surface area contributed by atoms with Crippen LogP contribution >= 0.6 is 0 Å². The molecule has 0 saturated heterocycles. The van der Waals surface area contributed by atoms with E-state index < -0.39 is 0 Å². The van der Waals surface area contributed by atoms with Crippen molar-refractivity contribution in [2.75, 3.05) is 7.11 Å². The Kier molecular flexibility index (Phi) is 5.02. The van der Waals surface area contributed by atoms with Gasteiger partial charge in [-0.25, -0.2) is 0 Å². The van der Waals surface area contributed by atoms with Gasteiger partial charge in [0.25, 0.3) is 0 Å². The molecule has 3 aromatic carbocycles. The fourth-order valence-electron chi connectivity index (χ4n) is 3.35. The van der Waals surface area contributed by atoms with E-state index in [1.54, 1.807) is 54.6 Å². The number of ketones is 1. The number of aliphatic hydroxyl groups is 1. The second-order valence-electron chi connectivity index (χ2n) is 6.93. The van der Waals surface area contributed by atoms with Crippen molar-refractivity contribution in [1.29, 1.82) is 0 Å². The van der Waals surface area contributed by atoms with Crippen LogP contribution in [0.25, 0.3) is 28.1 Å². The first-order valence-electron chi connectivity index (χ1n) is 9.39. The molecule has 4 aromatic rings. The Morgan fingerprint density at radius 2 is 1.80 bits per heavy atom. The average Bonchev–Trinajstić information content (AvgIpc) is 3.19. The average molecular weight is 400 g/mol. The molecule has 0 unspecified atom stereocenters. The number of aliphatic hydroxyl groups excluding tert-OH is 1. The third-order valence-electron chi connectivity index (χ3n) is 4.94. The van der Waals surface area contributed by atoms with Crippen LogP contribution in [-0.4, -0.2) is 23.1 Å². The van der Waals surface area contributed by atoms with Crippen molar-refractivity contribution in [2.45, 2.75) is 6.92 Å². The molecule has 0 radical (unpaired) electrons. The molecule has 0 amide bonds. The van der Waals surface area contributed by atoms with Crippen molar-refractivity contribution in [3.05, 3.63) is 89.5 Å². The lowest BCUT2D eigenvalue weighted by Crippen LogP contribution is -2.00. The second-order valence-corrected chi connectivity index (χ2v) is 6.93. The first-order valence-corrected chi connectivity index (χ1v) is 9.39. The maximum absolute atomic E-state index is 12.8. The molecule has 1 heterocycles. The van der Waals surface area contributed by atoms with E-state index >= 15 is 0 Å². The molecular weight excluding hydrogens is 380 g/mol. The minimum atomic E-state index is -0.377. The second kappa shape index (κ2) is 7.79. The molecule has 0 bridgehead atoms. The summed E-state index contributed by atoms with van der Waals surface area (Å²) in [6, 6.07) is 19.2. The highest BCUT2D eigenvalue weighted by atomic mass is 16.5. The minimum absolute atomic E-state index is 0.116. The number of hydrogen-bond acceptors (Lipinski definition) is 5. The molecule has 0 aliphatic carbocycles. The van der Waals surface area contributed by atoms with E-state index in [1.165, 1.54) is 13.2 Å². The van der Waals surface area contributed by atoms with Crippen molar-refractivity contribution in [3.8, 4) is 22.8 Å². The molecule has 2 N–H and O–H groups in total. The summed E-state index contributed by atoms with van der Waals surface area (Å²) in [6.07, 6.45) is 1.18. The van der Waals surface area contributed by atoms with Crippen LogP contribution in [0.5, 0.6) is 11.5 Å². The van der Waals surface area contributed by atoms with Crippen molar-refractivity contribution in [2.24, 2.45) is 0 Å². The Morgan fingerprint density at radius 1 is 1.03 bits per heavy atom. The van der Waals surface area contributed by atoms with Crippen LogP contribution < -0.4 is 4.74 Å². The quantitative estimate of drug-likeness (QED) is 0.247. The van der Waals surface area contributed by atoms with E-state index in [4.69, 9.17) is 9.15 Å². The summed E-state index contributed by atoms with van der Waals surface area (Å²) in [5.41, 5.74) is 2.98. The Hall–Kier alpha value is -3.99. The molecule has 5 heteroatoms. The molecule has 0 fully saturated rings. The predicted molar refractivity (Wildman–Crippen MR) is 116 cm³/mol. The lowest BCUT2D eigenvalue weighted by atomic mass is 10.0. The lowest BCUT2D eigenvalue weighted by Gasteiger charge is -2.07. The summed E-state index contributed by atoms with van der Waals surface area (Å²) in [4.78, 5) is 12.8. The van der Waals surface area contributed by atoms with Gasteiger partial charge < -0.3 is 19.4 Å². The van der Waals surface area contributed by atoms with E-state index in [1.807, 2.05) is 19.1 Å². The van der Waals surface area contributed by atoms with E-state index in [-0.39, 0.29) is 17.3 Å². The largest absolute Gasteiger partial charge is 0.508 e. The van der Waals surface area contributed by atoms with Crippen molar-refractivity contribution < 1.29 is 24.2 Å². The first kappa shape index (κ1) is 19.3. The number of methoxy groups -OCH3 is 1. The highest BCUT2D eigenvalue weighted by molar-refractivity contribution is 6.12. The highest BCUT2D eigenvalue weighted by Crippen LogP contribution is 2.37. The van der Waals surface area contributed by atoms with Gasteiger partial charge in [0, 0.05) is 17.2 Å². The molecular formula is C25H20O5. The van der Waals surface area contributed by atoms with Crippen LogP contribution in [-0.2, 0) is 0 Å². The maximum atomic E-state index is 12.8. The van der Waals surface area contributed by atoms with E-state index in [0.717, 1.165) is 11.1 Å². The number of carbonyl (C=O) groups is 1. The van der Waals surface area contributed by atoms with Gasteiger partial charge in [0.05, 0.1) is 18.1 Å². The molecule has 0 spiro atoms. The van der Waals surface area contributed by atoms with Gasteiger partial charge in [0.1, 0.15) is 28.6 Å². The number of fused-ring (bicyclic) bond motifs is 1. The zero-order valence-corrected chi connectivity index (χ0v) is 16.5. The number of ether oxygens (including phenoxy) is 1. The number of benzene rings is 3. The van der Waals surface area contributed by atoms with Gasteiger partial charge in [0.15, 0.2) is 5.78 Å². The topological polar surface area (TPSA) is 79.9 Å².